The van der Waals surface area contributed by atoms with E-state index in [4.69, 9.17) is 4.98 Å². The van der Waals surface area contributed by atoms with Crippen LogP contribution in [0.2, 0.25) is 0 Å². The van der Waals surface area contributed by atoms with Crippen LogP contribution in [-0.2, 0) is 6.42 Å². The van der Waals surface area contributed by atoms with Crippen molar-refractivity contribution in [3.8, 4) is 27.9 Å². The number of pyridine rings is 1. The highest BCUT2D eigenvalue weighted by Crippen LogP contribution is 2.42. The molecule has 0 amide bonds. The highest BCUT2D eigenvalue weighted by molar-refractivity contribution is 6.18. The molecule has 5 aromatic carbocycles. The highest BCUT2D eigenvalue weighted by atomic mass is 15.1. The molecule has 0 aliphatic rings. The lowest BCUT2D eigenvalue weighted by atomic mass is 9.89. The predicted octanol–water partition coefficient (Wildman–Crippen LogP) is 8.62. The first kappa shape index (κ1) is 21.5. The van der Waals surface area contributed by atoms with Crippen LogP contribution >= 0.6 is 0 Å². The monoisotopic (exact) mass is 475 g/mol. The van der Waals surface area contributed by atoms with Crippen LogP contribution in [0.1, 0.15) is 12.7 Å². The van der Waals surface area contributed by atoms with Crippen LogP contribution in [0, 0.1) is 0 Å². The van der Waals surface area contributed by atoms with Gasteiger partial charge in [-0.1, -0.05) is 97.9 Å². The van der Waals surface area contributed by atoms with E-state index in [1.54, 1.807) is 0 Å². The first-order valence-corrected chi connectivity index (χ1v) is 12.7. The summed E-state index contributed by atoms with van der Waals surface area (Å²) in [4.78, 5) is 9.28. The van der Waals surface area contributed by atoms with Gasteiger partial charge in [0.1, 0.15) is 5.82 Å². The lowest BCUT2D eigenvalue weighted by Gasteiger charge is -2.19. The van der Waals surface area contributed by atoms with Gasteiger partial charge in [0.05, 0.1) is 16.7 Å². The molecule has 0 fully saturated rings. The smallest absolute Gasteiger partial charge is 0.114 e. The molecule has 7 rings (SSSR count). The Morgan fingerprint density at radius 1 is 0.595 bits per heavy atom. The molecule has 37 heavy (non-hydrogen) atoms. The number of imidazole rings is 1. The lowest BCUT2D eigenvalue weighted by molar-refractivity contribution is 0.917. The number of para-hydroxylation sites is 2. The summed E-state index contributed by atoms with van der Waals surface area (Å²) >= 11 is 0. The molecule has 0 saturated carbocycles. The third kappa shape index (κ3) is 3.43. The zero-order valence-corrected chi connectivity index (χ0v) is 20.6. The molecule has 7 aromatic rings. The molecule has 3 nitrogen and oxygen atoms in total. The van der Waals surface area contributed by atoms with Crippen LogP contribution in [0.4, 0.5) is 0 Å². The Labute approximate surface area is 215 Å². The molecule has 0 unspecified atom stereocenters. The van der Waals surface area contributed by atoms with Gasteiger partial charge in [0.15, 0.2) is 0 Å². The standard InChI is InChI=1S/C34H25N3/c1-2-32-36-30-15-7-8-16-31(30)37(32)34-28-13-5-3-11-26(28)33(27-12-4-6-14-29(27)34)24-19-17-23(18-20-24)25-10-9-21-35-22-25/h3-22H,2H2,1H3. The van der Waals surface area contributed by atoms with Gasteiger partial charge in [0.2, 0.25) is 0 Å². The van der Waals surface area contributed by atoms with Gasteiger partial charge in [-0.2, -0.15) is 0 Å². The Morgan fingerprint density at radius 3 is 1.86 bits per heavy atom. The average Bonchev–Trinajstić information content (AvgIpc) is 3.35. The lowest BCUT2D eigenvalue weighted by Crippen LogP contribution is -2.03. The van der Waals surface area contributed by atoms with E-state index in [0.717, 1.165) is 28.8 Å². The van der Waals surface area contributed by atoms with E-state index >= 15 is 0 Å². The zero-order chi connectivity index (χ0) is 24.8. The molecule has 0 aliphatic heterocycles. The van der Waals surface area contributed by atoms with Crippen molar-refractivity contribution in [3.63, 3.8) is 0 Å². The van der Waals surface area contributed by atoms with Gasteiger partial charge in [-0.15, -0.1) is 0 Å². The van der Waals surface area contributed by atoms with E-state index in [1.807, 2.05) is 18.5 Å². The molecule has 0 bridgehead atoms. The quantitative estimate of drug-likeness (QED) is 0.239. The van der Waals surface area contributed by atoms with Crippen molar-refractivity contribution in [1.29, 1.82) is 0 Å². The van der Waals surface area contributed by atoms with E-state index in [0.29, 0.717) is 0 Å². The Morgan fingerprint density at radius 2 is 1.22 bits per heavy atom. The fourth-order valence-corrected chi connectivity index (χ4v) is 5.58. The first-order valence-electron chi connectivity index (χ1n) is 12.7. The predicted molar refractivity (Wildman–Crippen MR) is 154 cm³/mol. The number of aromatic nitrogens is 3. The number of benzene rings is 5. The van der Waals surface area contributed by atoms with E-state index < -0.39 is 0 Å². The van der Waals surface area contributed by atoms with E-state index in [2.05, 4.69) is 120 Å². The van der Waals surface area contributed by atoms with Crippen LogP contribution in [-0.4, -0.2) is 14.5 Å². The minimum absolute atomic E-state index is 0.856. The number of aryl methyl sites for hydroxylation is 1. The third-order valence-electron chi connectivity index (χ3n) is 7.24. The maximum atomic E-state index is 5.00. The maximum absolute atomic E-state index is 5.00. The molecule has 2 heterocycles. The van der Waals surface area contributed by atoms with E-state index in [9.17, 15) is 0 Å². The molecule has 0 radical (unpaired) electrons. The first-order chi connectivity index (χ1) is 18.3. The molecule has 2 aromatic heterocycles. The molecule has 3 heteroatoms. The van der Waals surface area contributed by atoms with E-state index in [-0.39, 0.29) is 0 Å². The van der Waals surface area contributed by atoms with E-state index in [1.165, 1.54) is 43.9 Å². The second-order valence-corrected chi connectivity index (χ2v) is 9.34. The van der Waals surface area contributed by atoms with Gasteiger partial charge < -0.3 is 0 Å². The summed E-state index contributed by atoms with van der Waals surface area (Å²) < 4.78 is 2.37. The highest BCUT2D eigenvalue weighted by Gasteiger charge is 2.20. The van der Waals surface area contributed by atoms with Crippen molar-refractivity contribution in [2.75, 3.05) is 0 Å². The Bertz CT molecular complexity index is 1840. The Kier molecular flexibility index (Phi) is 5.07. The van der Waals surface area contributed by atoms with Crippen LogP contribution in [0.5, 0.6) is 0 Å². The fraction of sp³-hybridized carbons (Fsp3) is 0.0588. The topological polar surface area (TPSA) is 30.7 Å². The molecule has 0 spiro atoms. The van der Waals surface area contributed by atoms with Gasteiger partial charge in [-0.05, 0) is 51.2 Å². The molecule has 176 valence electrons. The van der Waals surface area contributed by atoms with Crippen molar-refractivity contribution in [3.05, 3.63) is 127 Å². The SMILES string of the molecule is CCc1nc2ccccc2n1-c1c2ccccc2c(-c2ccc(-c3cccnc3)cc2)c2ccccc12. The molecular formula is C34H25N3. The number of hydrogen-bond donors (Lipinski definition) is 0. The second kappa shape index (κ2) is 8.72. The van der Waals surface area contributed by atoms with Crippen molar-refractivity contribution in [2.45, 2.75) is 13.3 Å². The minimum Gasteiger partial charge on any atom is -0.295 e. The van der Waals surface area contributed by atoms with Gasteiger partial charge in [0.25, 0.3) is 0 Å². The van der Waals surface area contributed by atoms with Gasteiger partial charge in [-0.25, -0.2) is 4.98 Å². The molecule has 0 atom stereocenters. The summed E-state index contributed by atoms with van der Waals surface area (Å²) in [7, 11) is 0. The Hall–Kier alpha value is -4.76. The average molecular weight is 476 g/mol. The zero-order valence-electron chi connectivity index (χ0n) is 20.6. The molecule has 0 aliphatic carbocycles. The van der Waals surface area contributed by atoms with Crippen LogP contribution in [0.25, 0.3) is 60.5 Å². The summed E-state index contributed by atoms with van der Waals surface area (Å²) in [6.45, 7) is 2.18. The Balaban J connectivity index is 1.55. The fourth-order valence-electron chi connectivity index (χ4n) is 5.58. The summed E-state index contributed by atoms with van der Waals surface area (Å²) in [6, 6.07) is 38.9. The summed E-state index contributed by atoms with van der Waals surface area (Å²) in [5, 5.41) is 4.94. The van der Waals surface area contributed by atoms with Crippen LogP contribution < -0.4 is 0 Å². The third-order valence-corrected chi connectivity index (χ3v) is 7.24. The maximum Gasteiger partial charge on any atom is 0.114 e. The molecule has 0 saturated heterocycles. The minimum atomic E-state index is 0.856. The van der Waals surface area contributed by atoms with Crippen molar-refractivity contribution >= 4 is 32.6 Å². The summed E-state index contributed by atoms with van der Waals surface area (Å²) in [5.74, 6) is 1.07. The van der Waals surface area contributed by atoms with Crippen LogP contribution in [0.15, 0.2) is 122 Å². The summed E-state index contributed by atoms with van der Waals surface area (Å²) in [5.41, 5.74) is 8.13. The summed E-state index contributed by atoms with van der Waals surface area (Å²) in [6.07, 6.45) is 4.58. The molecule has 0 N–H and O–H groups in total. The largest absolute Gasteiger partial charge is 0.295 e. The number of fused-ring (bicyclic) bond motifs is 3. The molecular weight excluding hydrogens is 450 g/mol. The van der Waals surface area contributed by atoms with Crippen molar-refractivity contribution in [2.24, 2.45) is 0 Å². The van der Waals surface area contributed by atoms with Gasteiger partial charge >= 0.3 is 0 Å². The number of nitrogens with zero attached hydrogens (tertiary/aromatic N) is 3. The normalized spacial score (nSPS) is 11.5. The van der Waals surface area contributed by atoms with Crippen molar-refractivity contribution in [1.82, 2.24) is 14.5 Å². The number of rotatable bonds is 4. The second-order valence-electron chi connectivity index (χ2n) is 9.34. The number of hydrogen-bond acceptors (Lipinski definition) is 2. The van der Waals surface area contributed by atoms with Crippen molar-refractivity contribution < 1.29 is 0 Å². The van der Waals surface area contributed by atoms with Gasteiger partial charge in [-0.3, -0.25) is 9.55 Å². The van der Waals surface area contributed by atoms with Gasteiger partial charge in [0, 0.05) is 29.6 Å². The van der Waals surface area contributed by atoms with Crippen LogP contribution in [0.3, 0.4) is 0 Å².